The van der Waals surface area contributed by atoms with Crippen LogP contribution in [0.2, 0.25) is 5.02 Å². The molecule has 9 heteroatoms. The Morgan fingerprint density at radius 1 is 1.46 bits per heavy atom. The molecule has 1 aliphatic rings. The first kappa shape index (κ1) is 20.4. The van der Waals surface area contributed by atoms with Gasteiger partial charge in [-0.05, 0) is 50.8 Å². The summed E-state index contributed by atoms with van der Waals surface area (Å²) in [5.74, 6) is -3.32. The highest BCUT2D eigenvalue weighted by Gasteiger charge is 2.48. The third kappa shape index (κ3) is 5.55. The van der Waals surface area contributed by atoms with Crippen LogP contribution in [0.3, 0.4) is 0 Å². The van der Waals surface area contributed by atoms with E-state index in [1.165, 1.54) is 17.0 Å². The summed E-state index contributed by atoms with van der Waals surface area (Å²) in [5.41, 5.74) is 0.432. The fraction of sp³-hybridized carbons (Fsp3) is 0.529. The molecular formula is C17H23ClFN3O4. The molecule has 0 radical (unpaired) electrons. The zero-order chi connectivity index (χ0) is 19.3. The number of carbonyl (C=O) groups excluding carboxylic acids is 2. The second-order valence-electron chi connectivity index (χ2n) is 6.50. The van der Waals surface area contributed by atoms with Crippen LogP contribution < -0.4 is 5.32 Å². The summed E-state index contributed by atoms with van der Waals surface area (Å²) in [5, 5.41) is 12.9. The molecule has 1 atom stereocenters. The number of alkyl carbamates (subject to hydrolysis) is 1. The fourth-order valence-electron chi connectivity index (χ4n) is 2.70. The molecule has 2 rings (SSSR count). The van der Waals surface area contributed by atoms with Gasteiger partial charge in [-0.1, -0.05) is 11.6 Å². The SMILES string of the molecule is CN(C)CCCN1CC[C@](O)(OC(=O)NCc2cc(F)cc(Cl)c2)C1=O. The lowest BCUT2D eigenvalue weighted by Crippen LogP contribution is -2.46. The number of aliphatic hydroxyl groups is 1. The number of nitrogens with one attached hydrogen (secondary N) is 1. The van der Waals surface area contributed by atoms with Crippen LogP contribution in [-0.4, -0.2) is 66.4 Å². The first-order valence-corrected chi connectivity index (χ1v) is 8.66. The summed E-state index contributed by atoms with van der Waals surface area (Å²) >= 11 is 5.74. The minimum atomic E-state index is -2.16. The van der Waals surface area contributed by atoms with Crippen molar-refractivity contribution in [3.63, 3.8) is 0 Å². The normalized spacial score (nSPS) is 19.9. The Balaban J connectivity index is 1.84. The maximum absolute atomic E-state index is 13.3. The third-order valence-electron chi connectivity index (χ3n) is 4.00. The zero-order valence-corrected chi connectivity index (χ0v) is 15.6. The Morgan fingerprint density at radius 3 is 2.85 bits per heavy atom. The summed E-state index contributed by atoms with van der Waals surface area (Å²) in [7, 11) is 3.86. The van der Waals surface area contributed by atoms with Crippen LogP contribution in [0.25, 0.3) is 0 Å². The van der Waals surface area contributed by atoms with Crippen LogP contribution in [0.15, 0.2) is 18.2 Å². The smallest absolute Gasteiger partial charge is 0.407 e. The fourth-order valence-corrected chi connectivity index (χ4v) is 2.95. The number of amides is 2. The molecule has 1 aliphatic heterocycles. The van der Waals surface area contributed by atoms with Crippen molar-refractivity contribution in [2.24, 2.45) is 0 Å². The van der Waals surface area contributed by atoms with Gasteiger partial charge in [0.1, 0.15) is 5.82 Å². The second kappa shape index (κ2) is 8.66. The highest BCUT2D eigenvalue weighted by atomic mass is 35.5. The van der Waals surface area contributed by atoms with E-state index in [2.05, 4.69) is 5.32 Å². The standard InChI is InChI=1S/C17H23ClFN3O4/c1-21(2)5-3-6-22-7-4-17(25,15(22)23)26-16(24)20-11-12-8-13(18)10-14(19)9-12/h8-10,25H,3-7,11H2,1-2H3,(H,20,24)/t17-/m0/s1. The molecule has 26 heavy (non-hydrogen) atoms. The van der Waals surface area contributed by atoms with E-state index < -0.39 is 23.6 Å². The predicted octanol–water partition coefficient (Wildman–Crippen LogP) is 1.58. The summed E-state index contributed by atoms with van der Waals surface area (Å²) in [4.78, 5) is 27.7. The van der Waals surface area contributed by atoms with Gasteiger partial charge >= 0.3 is 6.09 Å². The van der Waals surface area contributed by atoms with Crippen molar-refractivity contribution >= 4 is 23.6 Å². The van der Waals surface area contributed by atoms with E-state index in [1.54, 1.807) is 0 Å². The van der Waals surface area contributed by atoms with Crippen molar-refractivity contribution in [1.82, 2.24) is 15.1 Å². The maximum Gasteiger partial charge on any atom is 0.410 e. The summed E-state index contributed by atoms with van der Waals surface area (Å²) in [6.45, 7) is 1.55. The first-order valence-electron chi connectivity index (χ1n) is 8.28. The number of halogens is 2. The topological polar surface area (TPSA) is 82.1 Å². The van der Waals surface area contributed by atoms with Gasteiger partial charge in [0.15, 0.2) is 0 Å². The van der Waals surface area contributed by atoms with Crippen LogP contribution in [0.5, 0.6) is 0 Å². The number of carbonyl (C=O) groups is 2. The molecule has 1 heterocycles. The molecule has 1 saturated heterocycles. The molecule has 2 amide bonds. The number of nitrogens with zero attached hydrogens (tertiary/aromatic N) is 2. The number of hydrogen-bond donors (Lipinski definition) is 2. The molecule has 0 saturated carbocycles. The molecule has 1 aromatic rings. The van der Waals surface area contributed by atoms with Crippen LogP contribution in [0, 0.1) is 5.82 Å². The van der Waals surface area contributed by atoms with E-state index in [4.69, 9.17) is 16.3 Å². The Kier molecular flexibility index (Phi) is 6.80. The molecule has 0 aromatic heterocycles. The van der Waals surface area contributed by atoms with E-state index in [0.29, 0.717) is 18.7 Å². The average molecular weight is 388 g/mol. The first-order chi connectivity index (χ1) is 12.2. The van der Waals surface area contributed by atoms with Crippen molar-refractivity contribution in [3.05, 3.63) is 34.6 Å². The van der Waals surface area contributed by atoms with Crippen molar-refractivity contribution in [1.29, 1.82) is 0 Å². The Morgan fingerprint density at radius 2 is 2.19 bits per heavy atom. The van der Waals surface area contributed by atoms with E-state index in [9.17, 15) is 19.1 Å². The molecule has 2 N–H and O–H groups in total. The van der Waals surface area contributed by atoms with Gasteiger partial charge < -0.3 is 25.0 Å². The van der Waals surface area contributed by atoms with Gasteiger partial charge in [-0.3, -0.25) is 4.79 Å². The van der Waals surface area contributed by atoms with Gasteiger partial charge in [0, 0.05) is 31.1 Å². The molecular weight excluding hydrogens is 365 g/mol. The number of rotatable bonds is 7. The highest BCUT2D eigenvalue weighted by molar-refractivity contribution is 6.30. The van der Waals surface area contributed by atoms with E-state index in [1.807, 2.05) is 19.0 Å². The van der Waals surface area contributed by atoms with Crippen molar-refractivity contribution in [2.75, 3.05) is 33.7 Å². The summed E-state index contributed by atoms with van der Waals surface area (Å²) in [6, 6.07) is 3.86. The molecule has 7 nitrogen and oxygen atoms in total. The maximum atomic E-state index is 13.3. The van der Waals surface area contributed by atoms with Gasteiger partial charge in [0.25, 0.3) is 11.7 Å². The largest absolute Gasteiger partial charge is 0.410 e. The minimum absolute atomic E-state index is 0.00696. The average Bonchev–Trinajstić information content (AvgIpc) is 2.80. The lowest BCUT2D eigenvalue weighted by atomic mass is 10.2. The van der Waals surface area contributed by atoms with E-state index >= 15 is 0 Å². The van der Waals surface area contributed by atoms with Crippen LogP contribution in [0.4, 0.5) is 9.18 Å². The molecule has 144 valence electrons. The number of ether oxygens (including phenoxy) is 1. The van der Waals surface area contributed by atoms with Gasteiger partial charge in [-0.25, -0.2) is 9.18 Å². The predicted molar refractivity (Wildman–Crippen MR) is 94.0 cm³/mol. The van der Waals surface area contributed by atoms with Crippen LogP contribution in [-0.2, 0) is 16.1 Å². The molecule has 1 fully saturated rings. The number of likely N-dealkylation sites (tertiary alicyclic amines) is 1. The number of hydrogen-bond acceptors (Lipinski definition) is 5. The second-order valence-corrected chi connectivity index (χ2v) is 6.94. The van der Waals surface area contributed by atoms with Crippen molar-refractivity contribution in [2.45, 2.75) is 25.2 Å². The molecule has 0 unspecified atom stereocenters. The van der Waals surface area contributed by atoms with E-state index in [-0.39, 0.29) is 18.0 Å². The van der Waals surface area contributed by atoms with E-state index in [0.717, 1.165) is 19.0 Å². The summed E-state index contributed by atoms with van der Waals surface area (Å²) < 4.78 is 18.2. The zero-order valence-electron chi connectivity index (χ0n) is 14.8. The summed E-state index contributed by atoms with van der Waals surface area (Å²) in [6.07, 6.45) is -0.203. The van der Waals surface area contributed by atoms with Gasteiger partial charge in [-0.15, -0.1) is 0 Å². The molecule has 0 bridgehead atoms. The molecule has 0 aliphatic carbocycles. The number of benzene rings is 1. The quantitative estimate of drug-likeness (QED) is 0.694. The van der Waals surface area contributed by atoms with Crippen LogP contribution in [0.1, 0.15) is 18.4 Å². The third-order valence-corrected chi connectivity index (χ3v) is 4.21. The molecule has 1 aromatic carbocycles. The van der Waals surface area contributed by atoms with Crippen molar-refractivity contribution in [3.8, 4) is 0 Å². The highest BCUT2D eigenvalue weighted by Crippen LogP contribution is 2.24. The Labute approximate surface area is 156 Å². The Hall–Kier alpha value is -1.90. The van der Waals surface area contributed by atoms with Crippen molar-refractivity contribution < 1.29 is 23.8 Å². The van der Waals surface area contributed by atoms with Gasteiger partial charge in [0.05, 0.1) is 0 Å². The lowest BCUT2D eigenvalue weighted by Gasteiger charge is -2.22. The monoisotopic (exact) mass is 387 g/mol. The molecule has 0 spiro atoms. The lowest BCUT2D eigenvalue weighted by molar-refractivity contribution is -0.182. The Bertz CT molecular complexity index is 653. The van der Waals surface area contributed by atoms with Crippen LogP contribution >= 0.6 is 11.6 Å². The van der Waals surface area contributed by atoms with Gasteiger partial charge in [-0.2, -0.15) is 0 Å². The van der Waals surface area contributed by atoms with Gasteiger partial charge in [0.2, 0.25) is 0 Å². The minimum Gasteiger partial charge on any atom is -0.407 e.